The van der Waals surface area contributed by atoms with Crippen molar-refractivity contribution in [3.8, 4) is 0 Å². The van der Waals surface area contributed by atoms with Crippen LogP contribution < -0.4 is 5.32 Å². The van der Waals surface area contributed by atoms with Gasteiger partial charge in [0.2, 0.25) is 0 Å². The maximum absolute atomic E-state index is 9.11. The van der Waals surface area contributed by atoms with Crippen molar-refractivity contribution in [2.75, 3.05) is 13.2 Å². The Kier molecular flexibility index (Phi) is 3.04. The third-order valence-electron chi connectivity index (χ3n) is 2.84. The van der Waals surface area contributed by atoms with Gasteiger partial charge in [0.1, 0.15) is 0 Å². The average Bonchev–Trinajstić information content (AvgIpc) is 2.91. The average molecular weight is 211 g/mol. The number of hydrogen-bond acceptors (Lipinski definition) is 4. The summed E-state index contributed by atoms with van der Waals surface area (Å²) in [5.74, 6) is 0. The number of rotatable bonds is 6. The van der Waals surface area contributed by atoms with Crippen LogP contribution in [0.1, 0.15) is 18.4 Å². The van der Waals surface area contributed by atoms with Crippen LogP contribution in [0.4, 0.5) is 0 Å². The van der Waals surface area contributed by atoms with Gasteiger partial charge in [0.05, 0.1) is 26.0 Å². The van der Waals surface area contributed by atoms with Crippen LogP contribution in [0.15, 0.2) is 12.4 Å². The van der Waals surface area contributed by atoms with Crippen molar-refractivity contribution in [3.05, 3.63) is 18.0 Å². The highest BCUT2D eigenvalue weighted by Crippen LogP contribution is 2.34. The molecule has 0 radical (unpaired) electrons. The molecule has 0 amide bonds. The molecule has 2 rings (SSSR count). The van der Waals surface area contributed by atoms with E-state index in [-0.39, 0.29) is 18.8 Å². The van der Waals surface area contributed by atoms with E-state index < -0.39 is 0 Å². The molecule has 5 nitrogen and oxygen atoms in total. The summed E-state index contributed by atoms with van der Waals surface area (Å²) in [5.41, 5.74) is 1.06. The molecule has 0 spiro atoms. The fraction of sp³-hybridized carbons (Fsp3) is 0.700. The molecule has 3 N–H and O–H groups in total. The highest BCUT2D eigenvalue weighted by atomic mass is 16.3. The Balaban J connectivity index is 1.83. The van der Waals surface area contributed by atoms with Gasteiger partial charge >= 0.3 is 0 Å². The minimum absolute atomic E-state index is 0.0287. The van der Waals surface area contributed by atoms with Gasteiger partial charge in [-0.3, -0.25) is 4.68 Å². The molecule has 1 saturated carbocycles. The lowest BCUT2D eigenvalue weighted by molar-refractivity contribution is 0.229. The Labute approximate surface area is 88.7 Å². The van der Waals surface area contributed by atoms with Gasteiger partial charge in [-0.15, -0.1) is 0 Å². The predicted octanol–water partition coefficient (Wildman–Crippen LogP) is -0.510. The van der Waals surface area contributed by atoms with Gasteiger partial charge in [-0.1, -0.05) is 0 Å². The topological polar surface area (TPSA) is 70.3 Å². The third-order valence-corrected chi connectivity index (χ3v) is 2.84. The highest BCUT2D eigenvalue weighted by molar-refractivity contribution is 5.08. The number of nitrogens with one attached hydrogen (secondary N) is 1. The molecule has 15 heavy (non-hydrogen) atoms. The van der Waals surface area contributed by atoms with E-state index in [1.807, 2.05) is 6.20 Å². The van der Waals surface area contributed by atoms with Crippen LogP contribution in [0.2, 0.25) is 0 Å². The van der Waals surface area contributed by atoms with E-state index in [1.165, 1.54) is 0 Å². The lowest BCUT2D eigenvalue weighted by Gasteiger charge is -2.12. The molecular formula is C10H17N3O2. The Morgan fingerprint density at radius 1 is 1.47 bits per heavy atom. The second-order valence-corrected chi connectivity index (χ2v) is 4.13. The Morgan fingerprint density at radius 2 is 2.27 bits per heavy atom. The van der Waals surface area contributed by atoms with Crippen LogP contribution >= 0.6 is 0 Å². The Hall–Kier alpha value is -0.910. The van der Waals surface area contributed by atoms with Gasteiger partial charge in [-0.2, -0.15) is 5.10 Å². The zero-order valence-electron chi connectivity index (χ0n) is 8.69. The standard InChI is InChI=1S/C10H17N3O2/c14-4-3-13-7-9(6-12-13)5-11-10(8-15)1-2-10/h6-7,11,14-15H,1-5,8H2. The Bertz CT molecular complexity index is 320. The molecular weight excluding hydrogens is 194 g/mol. The van der Waals surface area contributed by atoms with Crippen molar-refractivity contribution >= 4 is 0 Å². The van der Waals surface area contributed by atoms with Crippen LogP contribution in [0.25, 0.3) is 0 Å². The summed E-state index contributed by atoms with van der Waals surface area (Å²) < 4.78 is 1.72. The summed E-state index contributed by atoms with van der Waals surface area (Å²) >= 11 is 0. The van der Waals surface area contributed by atoms with E-state index in [9.17, 15) is 0 Å². The minimum atomic E-state index is -0.0287. The molecule has 0 saturated heterocycles. The van der Waals surface area contributed by atoms with Crippen molar-refractivity contribution in [2.24, 2.45) is 0 Å². The monoisotopic (exact) mass is 211 g/mol. The second kappa shape index (κ2) is 4.30. The first-order valence-electron chi connectivity index (χ1n) is 5.26. The third kappa shape index (κ3) is 2.56. The van der Waals surface area contributed by atoms with Crippen molar-refractivity contribution in [2.45, 2.75) is 31.5 Å². The molecule has 5 heteroatoms. The van der Waals surface area contributed by atoms with Crippen molar-refractivity contribution in [1.82, 2.24) is 15.1 Å². The first-order valence-corrected chi connectivity index (χ1v) is 5.26. The molecule has 1 aromatic heterocycles. The van der Waals surface area contributed by atoms with E-state index in [2.05, 4.69) is 10.4 Å². The summed E-state index contributed by atoms with van der Waals surface area (Å²) in [5, 5.41) is 25.3. The molecule has 1 fully saturated rings. The maximum Gasteiger partial charge on any atom is 0.0640 e. The van der Waals surface area contributed by atoms with Crippen LogP contribution in [-0.4, -0.2) is 38.7 Å². The van der Waals surface area contributed by atoms with E-state index in [0.717, 1.165) is 24.9 Å². The number of nitrogens with zero attached hydrogens (tertiary/aromatic N) is 2. The number of aliphatic hydroxyl groups is 2. The molecule has 1 aliphatic rings. The number of aromatic nitrogens is 2. The molecule has 1 heterocycles. The Morgan fingerprint density at radius 3 is 2.87 bits per heavy atom. The van der Waals surface area contributed by atoms with Gasteiger partial charge in [0, 0.05) is 23.8 Å². The SMILES string of the molecule is OCCn1cc(CNC2(CO)CC2)cn1. The lowest BCUT2D eigenvalue weighted by Crippen LogP contribution is -2.33. The van der Waals surface area contributed by atoms with E-state index in [4.69, 9.17) is 10.2 Å². The van der Waals surface area contributed by atoms with Crippen molar-refractivity contribution in [3.63, 3.8) is 0 Å². The van der Waals surface area contributed by atoms with Gasteiger partial charge in [0.15, 0.2) is 0 Å². The van der Waals surface area contributed by atoms with Gasteiger partial charge < -0.3 is 15.5 Å². The molecule has 0 aromatic carbocycles. The van der Waals surface area contributed by atoms with Crippen molar-refractivity contribution < 1.29 is 10.2 Å². The van der Waals surface area contributed by atoms with Gasteiger partial charge in [-0.25, -0.2) is 0 Å². The molecule has 0 bridgehead atoms. The lowest BCUT2D eigenvalue weighted by atomic mass is 10.2. The molecule has 1 aromatic rings. The summed E-state index contributed by atoms with van der Waals surface area (Å²) in [6.07, 6.45) is 5.80. The number of aliphatic hydroxyl groups excluding tert-OH is 2. The minimum Gasteiger partial charge on any atom is -0.394 e. The molecule has 0 atom stereocenters. The zero-order valence-corrected chi connectivity index (χ0v) is 8.69. The fourth-order valence-electron chi connectivity index (χ4n) is 1.55. The summed E-state index contributed by atoms with van der Waals surface area (Å²) in [7, 11) is 0. The summed E-state index contributed by atoms with van der Waals surface area (Å²) in [6.45, 7) is 1.57. The number of hydrogen-bond donors (Lipinski definition) is 3. The summed E-state index contributed by atoms with van der Waals surface area (Å²) in [4.78, 5) is 0. The van der Waals surface area contributed by atoms with Crippen molar-refractivity contribution in [1.29, 1.82) is 0 Å². The van der Waals surface area contributed by atoms with E-state index in [1.54, 1.807) is 10.9 Å². The molecule has 1 aliphatic carbocycles. The largest absolute Gasteiger partial charge is 0.394 e. The van der Waals surface area contributed by atoms with Crippen LogP contribution in [0.5, 0.6) is 0 Å². The molecule has 0 unspecified atom stereocenters. The predicted molar refractivity (Wildman–Crippen MR) is 55.2 cm³/mol. The van der Waals surface area contributed by atoms with Gasteiger partial charge in [0.25, 0.3) is 0 Å². The second-order valence-electron chi connectivity index (χ2n) is 4.13. The zero-order chi connectivity index (χ0) is 10.7. The first kappa shape index (κ1) is 10.6. The van der Waals surface area contributed by atoms with E-state index in [0.29, 0.717) is 6.54 Å². The normalized spacial score (nSPS) is 18.0. The summed E-state index contributed by atoms with van der Waals surface area (Å²) in [6, 6.07) is 0. The molecule has 84 valence electrons. The van der Waals surface area contributed by atoms with E-state index >= 15 is 0 Å². The maximum atomic E-state index is 9.11. The highest BCUT2D eigenvalue weighted by Gasteiger charge is 2.41. The van der Waals surface area contributed by atoms with Crippen LogP contribution in [0.3, 0.4) is 0 Å². The van der Waals surface area contributed by atoms with Crippen LogP contribution in [0, 0.1) is 0 Å². The first-order chi connectivity index (χ1) is 7.28. The smallest absolute Gasteiger partial charge is 0.0640 e. The van der Waals surface area contributed by atoms with Gasteiger partial charge in [-0.05, 0) is 12.8 Å². The van der Waals surface area contributed by atoms with Crippen LogP contribution in [-0.2, 0) is 13.1 Å². The quantitative estimate of drug-likeness (QED) is 0.592. The fourth-order valence-corrected chi connectivity index (χ4v) is 1.55. The molecule has 0 aliphatic heterocycles.